The SMILES string of the molecule is Cc1cc(NCCc2ccc(Cl)cc2Cl)ncc1Br. The molecule has 2 rings (SSSR count). The summed E-state index contributed by atoms with van der Waals surface area (Å²) in [4.78, 5) is 4.29. The van der Waals surface area contributed by atoms with Crippen LogP contribution in [0.2, 0.25) is 10.0 Å². The van der Waals surface area contributed by atoms with E-state index in [0.29, 0.717) is 10.0 Å². The molecule has 0 aliphatic heterocycles. The van der Waals surface area contributed by atoms with Gasteiger partial charge in [-0.3, -0.25) is 0 Å². The maximum atomic E-state index is 6.12. The largest absolute Gasteiger partial charge is 0.370 e. The molecule has 2 aromatic rings. The fraction of sp³-hybridized carbons (Fsp3) is 0.214. The van der Waals surface area contributed by atoms with Gasteiger partial charge in [-0.1, -0.05) is 29.3 Å². The van der Waals surface area contributed by atoms with Crippen molar-refractivity contribution >= 4 is 44.9 Å². The third-order valence-corrected chi connectivity index (χ3v) is 4.18. The molecular weight excluding hydrogens is 347 g/mol. The van der Waals surface area contributed by atoms with Crippen molar-refractivity contribution in [2.45, 2.75) is 13.3 Å². The van der Waals surface area contributed by atoms with E-state index in [1.54, 1.807) is 12.3 Å². The van der Waals surface area contributed by atoms with Gasteiger partial charge in [-0.25, -0.2) is 4.98 Å². The topological polar surface area (TPSA) is 24.9 Å². The average Bonchev–Trinajstić information content (AvgIpc) is 2.36. The summed E-state index contributed by atoms with van der Waals surface area (Å²) in [5, 5.41) is 4.64. The van der Waals surface area contributed by atoms with Crippen LogP contribution >= 0.6 is 39.1 Å². The van der Waals surface area contributed by atoms with Gasteiger partial charge in [0.05, 0.1) is 0 Å². The first-order valence-corrected chi connectivity index (χ1v) is 7.41. The third-order valence-electron chi connectivity index (χ3n) is 2.76. The number of pyridine rings is 1. The van der Waals surface area contributed by atoms with Gasteiger partial charge in [-0.2, -0.15) is 0 Å². The van der Waals surface area contributed by atoms with E-state index < -0.39 is 0 Å². The molecule has 1 N–H and O–H groups in total. The van der Waals surface area contributed by atoms with E-state index in [2.05, 4.69) is 26.2 Å². The molecule has 0 amide bonds. The van der Waals surface area contributed by atoms with E-state index in [0.717, 1.165) is 34.4 Å². The molecule has 2 nitrogen and oxygen atoms in total. The highest BCUT2D eigenvalue weighted by atomic mass is 79.9. The molecule has 0 atom stereocenters. The molecule has 0 aliphatic rings. The van der Waals surface area contributed by atoms with Gasteiger partial charge in [0.25, 0.3) is 0 Å². The number of aryl methyl sites for hydroxylation is 1. The molecule has 0 unspecified atom stereocenters. The summed E-state index contributed by atoms with van der Waals surface area (Å²) in [6, 6.07) is 7.57. The van der Waals surface area contributed by atoms with Crippen LogP contribution in [-0.2, 0) is 6.42 Å². The van der Waals surface area contributed by atoms with Gasteiger partial charge >= 0.3 is 0 Å². The van der Waals surface area contributed by atoms with Gasteiger partial charge in [0, 0.05) is 27.3 Å². The van der Waals surface area contributed by atoms with Crippen LogP contribution in [-0.4, -0.2) is 11.5 Å². The first-order valence-electron chi connectivity index (χ1n) is 5.86. The lowest BCUT2D eigenvalue weighted by atomic mass is 10.1. The fourth-order valence-electron chi connectivity index (χ4n) is 1.69. The summed E-state index contributed by atoms with van der Waals surface area (Å²) in [5.41, 5.74) is 2.23. The smallest absolute Gasteiger partial charge is 0.126 e. The minimum absolute atomic E-state index is 0.659. The molecule has 0 aliphatic carbocycles. The monoisotopic (exact) mass is 358 g/mol. The molecule has 100 valence electrons. The van der Waals surface area contributed by atoms with E-state index in [9.17, 15) is 0 Å². The van der Waals surface area contributed by atoms with Crippen molar-refractivity contribution < 1.29 is 0 Å². The Bertz CT molecular complexity index is 588. The van der Waals surface area contributed by atoms with Crippen molar-refractivity contribution in [1.82, 2.24) is 4.98 Å². The van der Waals surface area contributed by atoms with Crippen molar-refractivity contribution in [2.75, 3.05) is 11.9 Å². The Morgan fingerprint density at radius 3 is 2.74 bits per heavy atom. The minimum atomic E-state index is 0.659. The molecule has 0 bridgehead atoms. The van der Waals surface area contributed by atoms with Crippen LogP contribution in [0.1, 0.15) is 11.1 Å². The zero-order chi connectivity index (χ0) is 13.8. The number of nitrogens with one attached hydrogen (secondary N) is 1. The van der Waals surface area contributed by atoms with E-state index >= 15 is 0 Å². The Hall–Kier alpha value is -0.770. The molecule has 1 heterocycles. The zero-order valence-electron chi connectivity index (χ0n) is 10.4. The first-order chi connectivity index (χ1) is 9.06. The predicted octanol–water partition coefficient (Wildman–Crippen LogP) is 5.11. The van der Waals surface area contributed by atoms with Crippen molar-refractivity contribution in [1.29, 1.82) is 0 Å². The highest BCUT2D eigenvalue weighted by Crippen LogP contribution is 2.21. The molecule has 1 aromatic carbocycles. The molecule has 5 heteroatoms. The van der Waals surface area contributed by atoms with Crippen LogP contribution < -0.4 is 5.32 Å². The number of benzene rings is 1. The quantitative estimate of drug-likeness (QED) is 0.819. The van der Waals surface area contributed by atoms with Crippen LogP contribution in [0.4, 0.5) is 5.82 Å². The van der Waals surface area contributed by atoms with E-state index in [1.165, 1.54) is 0 Å². The summed E-state index contributed by atoms with van der Waals surface area (Å²) in [5.74, 6) is 0.866. The van der Waals surface area contributed by atoms with Crippen molar-refractivity contribution in [3.05, 3.63) is 56.1 Å². The Morgan fingerprint density at radius 1 is 1.26 bits per heavy atom. The summed E-state index contributed by atoms with van der Waals surface area (Å²) < 4.78 is 1.01. The number of hydrogen-bond acceptors (Lipinski definition) is 2. The van der Waals surface area contributed by atoms with Crippen molar-refractivity contribution in [3.63, 3.8) is 0 Å². The van der Waals surface area contributed by atoms with Gasteiger partial charge in [0.1, 0.15) is 5.82 Å². The second kappa shape index (κ2) is 6.60. The van der Waals surface area contributed by atoms with Crippen molar-refractivity contribution in [2.24, 2.45) is 0 Å². The lowest BCUT2D eigenvalue weighted by molar-refractivity contribution is 1.00. The average molecular weight is 360 g/mol. The summed E-state index contributed by atoms with van der Waals surface area (Å²) in [7, 11) is 0. The van der Waals surface area contributed by atoms with Gasteiger partial charge in [0.15, 0.2) is 0 Å². The number of aromatic nitrogens is 1. The standard InChI is InChI=1S/C14H13BrCl2N2/c1-9-6-14(19-8-12(9)15)18-5-4-10-2-3-11(16)7-13(10)17/h2-3,6-8H,4-5H2,1H3,(H,18,19). The number of hydrogen-bond donors (Lipinski definition) is 1. The highest BCUT2D eigenvalue weighted by Gasteiger charge is 2.02. The molecule has 0 saturated heterocycles. The van der Waals surface area contributed by atoms with Gasteiger partial charge in [0.2, 0.25) is 0 Å². The zero-order valence-corrected chi connectivity index (χ0v) is 13.5. The second-order valence-electron chi connectivity index (χ2n) is 4.23. The molecule has 0 radical (unpaired) electrons. The number of halogens is 3. The molecule has 0 saturated carbocycles. The molecular formula is C14H13BrCl2N2. The van der Waals surface area contributed by atoms with Crippen LogP contribution in [0.15, 0.2) is 34.9 Å². The van der Waals surface area contributed by atoms with Crippen molar-refractivity contribution in [3.8, 4) is 0 Å². The Balaban J connectivity index is 1.94. The Kier molecular flexibility index (Phi) is 5.08. The number of anilines is 1. The summed E-state index contributed by atoms with van der Waals surface area (Å²) in [6.07, 6.45) is 2.62. The maximum absolute atomic E-state index is 6.12. The molecule has 19 heavy (non-hydrogen) atoms. The van der Waals surface area contributed by atoms with E-state index in [-0.39, 0.29) is 0 Å². The van der Waals surface area contributed by atoms with E-state index in [4.69, 9.17) is 23.2 Å². The predicted molar refractivity (Wildman–Crippen MR) is 85.3 cm³/mol. The molecule has 1 aromatic heterocycles. The van der Waals surface area contributed by atoms with Gasteiger partial charge < -0.3 is 5.32 Å². The van der Waals surface area contributed by atoms with Crippen LogP contribution in [0.3, 0.4) is 0 Å². The lowest BCUT2D eigenvalue weighted by Gasteiger charge is -2.08. The summed E-state index contributed by atoms with van der Waals surface area (Å²) >= 11 is 15.4. The number of nitrogens with zero attached hydrogens (tertiary/aromatic N) is 1. The van der Waals surface area contributed by atoms with E-state index in [1.807, 2.05) is 25.1 Å². The van der Waals surface area contributed by atoms with Gasteiger partial charge in [-0.15, -0.1) is 0 Å². The van der Waals surface area contributed by atoms with Crippen LogP contribution in [0.5, 0.6) is 0 Å². The normalized spacial score (nSPS) is 10.5. The Labute approximate surface area is 131 Å². The number of rotatable bonds is 4. The van der Waals surface area contributed by atoms with Crippen LogP contribution in [0, 0.1) is 6.92 Å². The second-order valence-corrected chi connectivity index (χ2v) is 5.93. The third kappa shape index (κ3) is 4.10. The summed E-state index contributed by atoms with van der Waals surface area (Å²) in [6.45, 7) is 2.81. The first kappa shape index (κ1) is 14.6. The molecule has 0 fully saturated rings. The van der Waals surface area contributed by atoms with Crippen LogP contribution in [0.25, 0.3) is 0 Å². The molecule has 0 spiro atoms. The minimum Gasteiger partial charge on any atom is -0.370 e. The highest BCUT2D eigenvalue weighted by molar-refractivity contribution is 9.10. The Morgan fingerprint density at radius 2 is 2.05 bits per heavy atom. The maximum Gasteiger partial charge on any atom is 0.126 e. The fourth-order valence-corrected chi connectivity index (χ4v) is 2.41. The lowest BCUT2D eigenvalue weighted by Crippen LogP contribution is -2.06. The van der Waals surface area contributed by atoms with Gasteiger partial charge in [-0.05, 0) is 58.6 Å².